The predicted molar refractivity (Wildman–Crippen MR) is 183 cm³/mol. The average Bonchev–Trinajstić information content (AvgIpc) is 3.10. The van der Waals surface area contributed by atoms with Gasteiger partial charge in [0.2, 0.25) is 11.8 Å². The summed E-state index contributed by atoms with van der Waals surface area (Å²) in [7, 11) is -4.55. The van der Waals surface area contributed by atoms with Gasteiger partial charge in [-0.15, -0.1) is 0 Å². The monoisotopic (exact) mass is 711 g/mol. The molecule has 12 heteroatoms. The third kappa shape index (κ3) is 9.42. The second-order valence-corrected chi connectivity index (χ2v) is 14.4. The number of nitrogens with one attached hydrogen (secondary N) is 1. The zero-order valence-corrected chi connectivity index (χ0v) is 28.2. The quantitative estimate of drug-likeness (QED) is 0.164. The highest BCUT2D eigenvalue weighted by Gasteiger charge is 2.37. The van der Waals surface area contributed by atoms with Crippen molar-refractivity contribution in [1.82, 2.24) is 10.2 Å². The molecule has 2 amide bonds. The first-order valence-corrected chi connectivity index (χ1v) is 17.9. The number of hydrogen-bond acceptors (Lipinski definition) is 4. The number of nitrogens with zero attached hydrogens (tertiary/aromatic N) is 2. The molecular formula is C37H37ClF3N3O4S. The molecule has 0 aliphatic heterocycles. The standard InChI is InChI=1S/C37H37ClF3N3O4S/c38-30-21-19-28(20-22-30)25-43(34(23-27-11-4-1-5-12-27)36(46)42-31-14-6-2-7-15-31)35(45)26-44(49(47,48)33-17-8-3-9-18-33)32-16-10-13-29(24-32)37(39,40)41/h1,3-5,8-13,16-22,24,31,34H,2,6-7,14-15,23,25-26H2,(H,42,46)/t34-/m0/s1. The number of anilines is 1. The number of hydrogen-bond donors (Lipinski definition) is 1. The third-order valence-corrected chi connectivity index (χ3v) is 10.6. The Morgan fingerprint density at radius 2 is 1.45 bits per heavy atom. The molecule has 0 bridgehead atoms. The summed E-state index contributed by atoms with van der Waals surface area (Å²) in [5.74, 6) is -1.17. The molecule has 4 aromatic carbocycles. The number of halogens is 4. The molecule has 258 valence electrons. The van der Waals surface area contributed by atoms with Crippen LogP contribution >= 0.6 is 11.6 Å². The molecule has 7 nitrogen and oxygen atoms in total. The molecule has 1 atom stereocenters. The Balaban J connectivity index is 1.58. The van der Waals surface area contributed by atoms with E-state index in [4.69, 9.17) is 11.6 Å². The predicted octanol–water partition coefficient (Wildman–Crippen LogP) is 7.64. The topological polar surface area (TPSA) is 86.8 Å². The van der Waals surface area contributed by atoms with E-state index in [2.05, 4.69) is 5.32 Å². The van der Waals surface area contributed by atoms with Crippen LogP contribution in [0.3, 0.4) is 0 Å². The largest absolute Gasteiger partial charge is 0.416 e. The molecule has 49 heavy (non-hydrogen) atoms. The lowest BCUT2D eigenvalue weighted by molar-refractivity contribution is -0.140. The molecule has 1 saturated carbocycles. The van der Waals surface area contributed by atoms with Crippen molar-refractivity contribution < 1.29 is 31.2 Å². The summed E-state index contributed by atoms with van der Waals surface area (Å²) in [6.45, 7) is -0.957. The fourth-order valence-electron chi connectivity index (χ4n) is 5.97. The van der Waals surface area contributed by atoms with Crippen LogP contribution in [0.15, 0.2) is 114 Å². The summed E-state index contributed by atoms with van der Waals surface area (Å²) in [6, 6.07) is 25.7. The zero-order valence-electron chi connectivity index (χ0n) is 26.7. The van der Waals surface area contributed by atoms with E-state index in [0.717, 1.165) is 49.8 Å². The first-order chi connectivity index (χ1) is 23.4. The fourth-order valence-corrected chi connectivity index (χ4v) is 7.52. The van der Waals surface area contributed by atoms with E-state index in [9.17, 15) is 31.2 Å². The Bertz CT molecular complexity index is 1820. The molecule has 0 saturated heterocycles. The van der Waals surface area contributed by atoms with E-state index >= 15 is 0 Å². The lowest BCUT2D eigenvalue weighted by Crippen LogP contribution is -2.55. The minimum absolute atomic E-state index is 0.0768. The maximum atomic E-state index is 14.6. The lowest BCUT2D eigenvalue weighted by Gasteiger charge is -2.35. The average molecular weight is 712 g/mol. The van der Waals surface area contributed by atoms with E-state index < -0.39 is 46.2 Å². The molecule has 0 unspecified atom stereocenters. The third-order valence-electron chi connectivity index (χ3n) is 8.56. The second kappa shape index (κ2) is 15.9. The molecule has 0 heterocycles. The van der Waals surface area contributed by atoms with Gasteiger partial charge in [0, 0.05) is 24.0 Å². The van der Waals surface area contributed by atoms with Gasteiger partial charge in [0.1, 0.15) is 12.6 Å². The van der Waals surface area contributed by atoms with Gasteiger partial charge in [-0.3, -0.25) is 13.9 Å². The smallest absolute Gasteiger partial charge is 0.352 e. The van der Waals surface area contributed by atoms with Crippen molar-refractivity contribution in [3.63, 3.8) is 0 Å². The van der Waals surface area contributed by atoms with Crippen LogP contribution in [-0.4, -0.2) is 43.8 Å². The molecule has 0 aromatic heterocycles. The number of benzene rings is 4. The van der Waals surface area contributed by atoms with Gasteiger partial charge in [-0.05, 0) is 66.4 Å². The molecule has 1 fully saturated rings. The highest BCUT2D eigenvalue weighted by molar-refractivity contribution is 7.92. The van der Waals surface area contributed by atoms with Crippen molar-refractivity contribution in [3.05, 3.63) is 131 Å². The number of alkyl halides is 3. The highest BCUT2D eigenvalue weighted by atomic mass is 35.5. The Morgan fingerprint density at radius 1 is 0.816 bits per heavy atom. The summed E-state index contributed by atoms with van der Waals surface area (Å²) in [5.41, 5.74) is -0.0214. The first-order valence-electron chi connectivity index (χ1n) is 16.0. The van der Waals surface area contributed by atoms with E-state index in [1.165, 1.54) is 35.2 Å². The molecular weight excluding hydrogens is 675 g/mol. The molecule has 1 aliphatic carbocycles. The SMILES string of the molecule is O=C(NC1CCCCC1)[C@H](Cc1ccccc1)N(Cc1ccc(Cl)cc1)C(=O)CN(c1cccc(C(F)(F)F)c1)S(=O)(=O)c1ccccc1. The molecule has 1 aliphatic rings. The van der Waals surface area contributed by atoms with Crippen molar-refractivity contribution in [1.29, 1.82) is 0 Å². The van der Waals surface area contributed by atoms with Crippen LogP contribution < -0.4 is 9.62 Å². The first kappa shape index (κ1) is 35.9. The van der Waals surface area contributed by atoms with Crippen molar-refractivity contribution >= 4 is 39.1 Å². The minimum Gasteiger partial charge on any atom is -0.352 e. The van der Waals surface area contributed by atoms with Crippen LogP contribution in [0.4, 0.5) is 18.9 Å². The molecule has 0 spiro atoms. The zero-order chi connectivity index (χ0) is 35.0. The highest BCUT2D eigenvalue weighted by Crippen LogP contribution is 2.33. The van der Waals surface area contributed by atoms with Crippen LogP contribution in [-0.2, 0) is 38.8 Å². The maximum Gasteiger partial charge on any atom is 0.416 e. The van der Waals surface area contributed by atoms with Crippen LogP contribution in [0.25, 0.3) is 0 Å². The van der Waals surface area contributed by atoms with Gasteiger partial charge in [-0.1, -0.05) is 97.6 Å². The van der Waals surface area contributed by atoms with Crippen molar-refractivity contribution in [2.24, 2.45) is 0 Å². The van der Waals surface area contributed by atoms with Crippen molar-refractivity contribution in [3.8, 4) is 0 Å². The molecule has 1 N–H and O–H groups in total. The molecule has 4 aromatic rings. The number of rotatable bonds is 12. The number of sulfonamides is 1. The number of carbonyl (C=O) groups is 2. The maximum absolute atomic E-state index is 14.6. The van der Waals surface area contributed by atoms with Gasteiger partial charge in [0.15, 0.2) is 0 Å². The Morgan fingerprint density at radius 3 is 2.08 bits per heavy atom. The van der Waals surface area contributed by atoms with Gasteiger partial charge < -0.3 is 10.2 Å². The minimum atomic E-state index is -4.76. The van der Waals surface area contributed by atoms with E-state index in [-0.39, 0.29) is 29.6 Å². The fraction of sp³-hybridized carbons (Fsp3) is 0.297. The van der Waals surface area contributed by atoms with Crippen LogP contribution in [0, 0.1) is 0 Å². The molecule has 0 radical (unpaired) electrons. The van der Waals surface area contributed by atoms with E-state index in [1.807, 2.05) is 30.3 Å². The summed E-state index contributed by atoms with van der Waals surface area (Å²) in [6.07, 6.45) is -0.0477. The summed E-state index contributed by atoms with van der Waals surface area (Å²) in [4.78, 5) is 29.8. The van der Waals surface area contributed by atoms with Gasteiger partial charge in [-0.2, -0.15) is 13.2 Å². The van der Waals surface area contributed by atoms with Gasteiger partial charge in [0.05, 0.1) is 16.1 Å². The summed E-state index contributed by atoms with van der Waals surface area (Å²) < 4.78 is 70.3. The lowest BCUT2D eigenvalue weighted by atomic mass is 9.94. The Labute approximate surface area is 289 Å². The normalized spacial score (nSPS) is 14.5. The van der Waals surface area contributed by atoms with Crippen LogP contribution in [0.5, 0.6) is 0 Å². The molecule has 5 rings (SSSR count). The van der Waals surface area contributed by atoms with Gasteiger partial charge in [0.25, 0.3) is 10.0 Å². The van der Waals surface area contributed by atoms with Crippen LogP contribution in [0.1, 0.15) is 48.8 Å². The Hall–Kier alpha value is -4.35. The van der Waals surface area contributed by atoms with Crippen molar-refractivity contribution in [2.75, 3.05) is 10.8 Å². The van der Waals surface area contributed by atoms with Gasteiger partial charge in [-0.25, -0.2) is 8.42 Å². The second-order valence-electron chi connectivity index (χ2n) is 12.1. The van der Waals surface area contributed by atoms with Crippen LogP contribution in [0.2, 0.25) is 5.02 Å². The summed E-state index contributed by atoms with van der Waals surface area (Å²) in [5, 5.41) is 3.58. The van der Waals surface area contributed by atoms with Crippen molar-refractivity contribution in [2.45, 2.75) is 68.2 Å². The van der Waals surface area contributed by atoms with E-state index in [0.29, 0.717) is 21.0 Å². The van der Waals surface area contributed by atoms with E-state index in [1.54, 1.807) is 30.3 Å². The number of amides is 2. The number of carbonyl (C=O) groups excluding carboxylic acids is 2. The Kier molecular flexibility index (Phi) is 11.7. The van der Waals surface area contributed by atoms with Gasteiger partial charge >= 0.3 is 6.18 Å². The summed E-state index contributed by atoms with van der Waals surface area (Å²) >= 11 is 6.13.